The largest absolute Gasteiger partial charge is 0.240 e. The van der Waals surface area contributed by atoms with E-state index in [0.717, 1.165) is 16.1 Å². The third kappa shape index (κ3) is 3.00. The lowest BCUT2D eigenvalue weighted by Gasteiger charge is -2.37. The highest BCUT2D eigenvalue weighted by molar-refractivity contribution is 6.30. The van der Waals surface area contributed by atoms with Gasteiger partial charge < -0.3 is 0 Å². The third-order valence-corrected chi connectivity index (χ3v) is 5.85. The van der Waals surface area contributed by atoms with E-state index in [4.69, 9.17) is 21.4 Å². The zero-order valence-electron chi connectivity index (χ0n) is 14.5. The van der Waals surface area contributed by atoms with Gasteiger partial charge in [-0.2, -0.15) is 0 Å². The van der Waals surface area contributed by atoms with Crippen molar-refractivity contribution in [3.8, 4) is 0 Å². The van der Waals surface area contributed by atoms with Crippen molar-refractivity contribution in [2.24, 2.45) is 5.92 Å². The van der Waals surface area contributed by atoms with E-state index in [2.05, 4.69) is 24.1 Å². The minimum absolute atomic E-state index is 0.0313. The number of hydrogen-bond acceptors (Lipinski definition) is 3. The van der Waals surface area contributed by atoms with Gasteiger partial charge in [0.15, 0.2) is 6.23 Å². The Morgan fingerprint density at radius 1 is 0.920 bits per heavy atom. The summed E-state index contributed by atoms with van der Waals surface area (Å²) in [7, 11) is 2.11. The molecule has 0 radical (unpaired) electrons. The average molecular weight is 358 g/mol. The second-order valence-electron chi connectivity index (χ2n) is 7.10. The van der Waals surface area contributed by atoms with E-state index in [1.54, 1.807) is 0 Å². The topological polar surface area (TPSA) is 21.7 Å². The normalized spacial score (nSPS) is 28.3. The maximum atomic E-state index is 6.11. The van der Waals surface area contributed by atoms with Gasteiger partial charge in [0.2, 0.25) is 5.72 Å². The Morgan fingerprint density at radius 2 is 1.56 bits per heavy atom. The van der Waals surface area contributed by atoms with Gasteiger partial charge in [0.05, 0.1) is 0 Å². The molecule has 25 heavy (non-hydrogen) atoms. The fourth-order valence-electron chi connectivity index (χ4n) is 4.25. The molecule has 2 atom stereocenters. The molecule has 1 heterocycles. The van der Waals surface area contributed by atoms with Gasteiger partial charge in [-0.3, -0.25) is 0 Å². The van der Waals surface area contributed by atoms with Crippen LogP contribution in [0.15, 0.2) is 54.6 Å². The number of halogens is 1. The molecule has 1 aliphatic heterocycles. The van der Waals surface area contributed by atoms with Crippen molar-refractivity contribution in [1.82, 2.24) is 4.90 Å². The molecule has 0 bridgehead atoms. The Labute approximate surface area is 154 Å². The number of hydrogen-bond donors (Lipinski definition) is 0. The van der Waals surface area contributed by atoms with Crippen molar-refractivity contribution in [1.29, 1.82) is 0 Å². The molecule has 1 saturated carbocycles. The molecule has 2 aliphatic rings. The van der Waals surface area contributed by atoms with E-state index >= 15 is 0 Å². The van der Waals surface area contributed by atoms with Crippen LogP contribution < -0.4 is 0 Å². The first-order valence-corrected chi connectivity index (χ1v) is 9.48. The molecular weight excluding hydrogens is 334 g/mol. The number of benzene rings is 2. The van der Waals surface area contributed by atoms with Crippen LogP contribution in [0.2, 0.25) is 5.02 Å². The quantitative estimate of drug-likeness (QED) is 0.692. The fraction of sp³-hybridized carbons (Fsp3) is 0.429. The van der Waals surface area contributed by atoms with Gasteiger partial charge >= 0.3 is 0 Å². The van der Waals surface area contributed by atoms with Crippen molar-refractivity contribution >= 4 is 11.6 Å². The Morgan fingerprint density at radius 3 is 2.24 bits per heavy atom. The minimum Gasteiger partial charge on any atom is -0.240 e. The van der Waals surface area contributed by atoms with Gasteiger partial charge in [0, 0.05) is 22.1 Å². The molecule has 0 aromatic heterocycles. The summed E-state index contributed by atoms with van der Waals surface area (Å²) in [5.41, 5.74) is 1.36. The number of rotatable bonds is 3. The monoisotopic (exact) mass is 357 g/mol. The molecule has 2 aromatic carbocycles. The van der Waals surface area contributed by atoms with Crippen LogP contribution in [0.25, 0.3) is 0 Å². The highest BCUT2D eigenvalue weighted by Gasteiger charge is 2.52. The van der Waals surface area contributed by atoms with Crippen LogP contribution in [0.4, 0.5) is 0 Å². The van der Waals surface area contributed by atoms with Crippen LogP contribution in [-0.4, -0.2) is 18.2 Å². The molecule has 3 nitrogen and oxygen atoms in total. The molecule has 0 amide bonds. The summed E-state index contributed by atoms with van der Waals surface area (Å²) < 4.78 is 0. The van der Waals surface area contributed by atoms with Crippen LogP contribution in [0, 0.1) is 5.92 Å². The molecule has 1 aliphatic carbocycles. The molecule has 0 N–H and O–H groups in total. The highest BCUT2D eigenvalue weighted by atomic mass is 35.5. The minimum atomic E-state index is -0.742. The molecular formula is C21H24ClNO2. The van der Waals surface area contributed by atoms with Crippen LogP contribution in [-0.2, 0) is 15.5 Å². The van der Waals surface area contributed by atoms with Crippen LogP contribution in [0.1, 0.15) is 43.2 Å². The summed E-state index contributed by atoms with van der Waals surface area (Å²) in [4.78, 5) is 14.3. The lowest BCUT2D eigenvalue weighted by atomic mass is 9.86. The maximum absolute atomic E-state index is 6.11. The van der Waals surface area contributed by atoms with Crippen molar-refractivity contribution in [2.45, 2.75) is 44.1 Å². The molecule has 2 aromatic rings. The van der Waals surface area contributed by atoms with Gasteiger partial charge in [0.1, 0.15) is 0 Å². The molecule has 4 heteroatoms. The van der Waals surface area contributed by atoms with E-state index in [0.29, 0.717) is 5.92 Å². The Hall–Kier alpha value is -1.39. The smallest absolute Gasteiger partial charge is 0.210 e. The Balaban J connectivity index is 1.75. The summed E-state index contributed by atoms with van der Waals surface area (Å²) in [6.07, 6.45) is 6.24. The van der Waals surface area contributed by atoms with Crippen LogP contribution in [0.3, 0.4) is 0 Å². The van der Waals surface area contributed by atoms with Crippen LogP contribution >= 0.6 is 11.6 Å². The molecule has 0 unspecified atom stereocenters. The average Bonchev–Trinajstić information content (AvgIpc) is 3.02. The standard InChI is InChI=1S/C21H24ClNO2/c1-23-20(16-8-4-2-5-9-16)24-25-21(23,17-10-6-3-7-11-17)18-12-14-19(22)15-13-18/h3,6-7,10-16,20H,2,4-5,8-9H2,1H3/t20-,21+/m0/s1. The maximum Gasteiger partial charge on any atom is 0.210 e. The lowest BCUT2D eigenvalue weighted by molar-refractivity contribution is -0.328. The fourth-order valence-corrected chi connectivity index (χ4v) is 4.37. The van der Waals surface area contributed by atoms with Gasteiger partial charge in [-0.05, 0) is 32.0 Å². The summed E-state index contributed by atoms with van der Waals surface area (Å²) >= 11 is 6.11. The van der Waals surface area contributed by atoms with Crippen molar-refractivity contribution < 1.29 is 9.78 Å². The van der Waals surface area contributed by atoms with E-state index in [1.807, 2.05) is 42.5 Å². The van der Waals surface area contributed by atoms with E-state index < -0.39 is 5.72 Å². The first-order valence-electron chi connectivity index (χ1n) is 9.11. The second kappa shape index (κ2) is 7.08. The SMILES string of the molecule is CN1[C@H](C2CCCCC2)OO[C@]1(c1ccccc1)c1ccc(Cl)cc1. The van der Waals surface area contributed by atoms with Crippen LogP contribution in [0.5, 0.6) is 0 Å². The third-order valence-electron chi connectivity index (χ3n) is 5.60. The van der Waals surface area contributed by atoms with E-state index in [1.165, 1.54) is 32.1 Å². The Bertz CT molecular complexity index is 700. The summed E-state index contributed by atoms with van der Waals surface area (Å²) in [6.45, 7) is 0. The highest BCUT2D eigenvalue weighted by Crippen LogP contribution is 2.46. The zero-order chi connectivity index (χ0) is 17.3. The summed E-state index contributed by atoms with van der Waals surface area (Å²) in [6, 6.07) is 18.2. The molecule has 2 fully saturated rings. The molecule has 0 spiro atoms. The molecule has 4 rings (SSSR count). The van der Waals surface area contributed by atoms with Gasteiger partial charge in [-0.1, -0.05) is 73.3 Å². The molecule has 1 saturated heterocycles. The Kier molecular flexibility index (Phi) is 4.83. The first kappa shape index (κ1) is 17.0. The van der Waals surface area contributed by atoms with E-state index in [-0.39, 0.29) is 6.23 Å². The van der Waals surface area contributed by atoms with Crippen molar-refractivity contribution in [3.05, 3.63) is 70.7 Å². The molecule has 132 valence electrons. The summed E-state index contributed by atoms with van der Waals surface area (Å²) in [5.74, 6) is 0.511. The predicted octanol–water partition coefficient (Wildman–Crippen LogP) is 5.34. The van der Waals surface area contributed by atoms with Crippen molar-refractivity contribution in [2.75, 3.05) is 7.05 Å². The lowest BCUT2D eigenvalue weighted by Crippen LogP contribution is -2.46. The second-order valence-corrected chi connectivity index (χ2v) is 7.53. The van der Waals surface area contributed by atoms with Gasteiger partial charge in [-0.25, -0.2) is 14.7 Å². The zero-order valence-corrected chi connectivity index (χ0v) is 15.3. The van der Waals surface area contributed by atoms with Gasteiger partial charge in [-0.15, -0.1) is 0 Å². The van der Waals surface area contributed by atoms with E-state index in [9.17, 15) is 0 Å². The summed E-state index contributed by atoms with van der Waals surface area (Å²) in [5, 5.41) is 0.720. The number of nitrogens with zero attached hydrogens (tertiary/aromatic N) is 1. The van der Waals surface area contributed by atoms with Crippen molar-refractivity contribution in [3.63, 3.8) is 0 Å². The van der Waals surface area contributed by atoms with Gasteiger partial charge in [0.25, 0.3) is 0 Å². The first-order chi connectivity index (χ1) is 12.2. The predicted molar refractivity (Wildman–Crippen MR) is 99.0 cm³/mol.